The minimum Gasteiger partial charge on any atom is -0.493 e. The molecule has 0 amide bonds. The average molecular weight is 442 g/mol. The highest BCUT2D eigenvalue weighted by Crippen LogP contribution is 2.35. The summed E-state index contributed by atoms with van der Waals surface area (Å²) in [7, 11) is 0. The van der Waals surface area contributed by atoms with Crippen LogP contribution in [0.3, 0.4) is 0 Å². The molecule has 0 aromatic heterocycles. The van der Waals surface area contributed by atoms with Gasteiger partial charge in [-0.25, -0.2) is 0 Å². The predicted molar refractivity (Wildman–Crippen MR) is 113 cm³/mol. The molecule has 4 nitrogen and oxygen atoms in total. The van der Waals surface area contributed by atoms with Crippen LogP contribution in [0, 0.1) is 5.92 Å². The van der Waals surface area contributed by atoms with Gasteiger partial charge in [-0.1, -0.05) is 24.3 Å². The van der Waals surface area contributed by atoms with Crippen LogP contribution in [0.15, 0.2) is 66.7 Å². The summed E-state index contributed by atoms with van der Waals surface area (Å²) < 4.78 is 50.9. The summed E-state index contributed by atoms with van der Waals surface area (Å²) in [5.41, 5.74) is 0.800. The summed E-state index contributed by atoms with van der Waals surface area (Å²) in [6.45, 7) is 0.570. The van der Waals surface area contributed by atoms with Crippen LogP contribution in [0.2, 0.25) is 0 Å². The predicted octanol–water partition coefficient (Wildman–Crippen LogP) is 6.58. The van der Waals surface area contributed by atoms with E-state index in [0.29, 0.717) is 46.5 Å². The highest BCUT2D eigenvalue weighted by molar-refractivity contribution is 5.71. The monoisotopic (exact) mass is 442 g/mol. The third kappa shape index (κ3) is 5.81. The van der Waals surface area contributed by atoms with E-state index in [-0.39, 0.29) is 6.42 Å². The van der Waals surface area contributed by atoms with Crippen molar-refractivity contribution in [2.45, 2.75) is 25.4 Å². The molecule has 3 aromatic rings. The van der Waals surface area contributed by atoms with Crippen LogP contribution in [0.25, 0.3) is 11.1 Å². The number of halogens is 3. The van der Waals surface area contributed by atoms with E-state index >= 15 is 0 Å². The van der Waals surface area contributed by atoms with Crippen LogP contribution in [0.4, 0.5) is 13.2 Å². The Labute approximate surface area is 183 Å². The average Bonchev–Trinajstić information content (AvgIpc) is 3.56. The van der Waals surface area contributed by atoms with Crippen LogP contribution in [-0.2, 0) is 17.4 Å². The standard InChI is InChI=1S/C25H21F3O4/c26-25(27,28)20-5-1-3-18(12-20)19-4-2-6-21(13-19)32-23-10-17(11-24(29)30)9-22(14-23)31-15-16-7-8-16/h1-6,9-10,12-14,16H,7-8,11,15H2,(H,29,30). The van der Waals surface area contributed by atoms with Gasteiger partial charge in [0.1, 0.15) is 17.2 Å². The third-order valence-corrected chi connectivity index (χ3v) is 5.07. The summed E-state index contributed by atoms with van der Waals surface area (Å²) in [5.74, 6) is 0.907. The molecule has 0 saturated heterocycles. The molecule has 7 heteroatoms. The number of alkyl halides is 3. The second kappa shape index (κ2) is 8.94. The van der Waals surface area contributed by atoms with E-state index in [1.807, 2.05) is 0 Å². The molecule has 4 rings (SSSR count). The zero-order valence-corrected chi connectivity index (χ0v) is 17.1. The van der Waals surface area contributed by atoms with Crippen molar-refractivity contribution in [1.82, 2.24) is 0 Å². The third-order valence-electron chi connectivity index (χ3n) is 5.07. The van der Waals surface area contributed by atoms with Crippen LogP contribution in [-0.4, -0.2) is 17.7 Å². The number of aliphatic carboxylic acids is 1. The van der Waals surface area contributed by atoms with Gasteiger partial charge in [0.05, 0.1) is 18.6 Å². The summed E-state index contributed by atoms with van der Waals surface area (Å²) >= 11 is 0. The number of ether oxygens (including phenoxy) is 2. The first-order valence-corrected chi connectivity index (χ1v) is 10.2. The van der Waals surface area contributed by atoms with E-state index < -0.39 is 17.7 Å². The second-order valence-electron chi connectivity index (χ2n) is 7.85. The van der Waals surface area contributed by atoms with Gasteiger partial charge in [0.15, 0.2) is 0 Å². The first-order valence-electron chi connectivity index (χ1n) is 10.2. The molecule has 0 radical (unpaired) electrons. The molecule has 1 N–H and O–H groups in total. The highest BCUT2D eigenvalue weighted by Gasteiger charge is 2.30. The van der Waals surface area contributed by atoms with Crippen molar-refractivity contribution in [3.63, 3.8) is 0 Å². The van der Waals surface area contributed by atoms with Gasteiger partial charge in [0.2, 0.25) is 0 Å². The highest BCUT2D eigenvalue weighted by atomic mass is 19.4. The number of benzene rings is 3. The fourth-order valence-corrected chi connectivity index (χ4v) is 3.30. The smallest absolute Gasteiger partial charge is 0.416 e. The van der Waals surface area contributed by atoms with Gasteiger partial charge in [-0.15, -0.1) is 0 Å². The lowest BCUT2D eigenvalue weighted by molar-refractivity contribution is -0.138. The Morgan fingerprint density at radius 2 is 1.59 bits per heavy atom. The lowest BCUT2D eigenvalue weighted by atomic mass is 10.0. The number of rotatable bonds is 8. The van der Waals surface area contributed by atoms with Crippen molar-refractivity contribution in [2.75, 3.05) is 6.61 Å². The van der Waals surface area contributed by atoms with Crippen molar-refractivity contribution in [2.24, 2.45) is 5.92 Å². The quantitative estimate of drug-likeness (QED) is 0.428. The van der Waals surface area contributed by atoms with Crippen LogP contribution in [0.5, 0.6) is 17.2 Å². The second-order valence-corrected chi connectivity index (χ2v) is 7.85. The number of carboxylic acid groups (broad SMARTS) is 1. The maximum absolute atomic E-state index is 13.1. The number of hydrogen-bond donors (Lipinski definition) is 1. The number of carbonyl (C=O) groups is 1. The zero-order valence-electron chi connectivity index (χ0n) is 17.1. The summed E-state index contributed by atoms with van der Waals surface area (Å²) in [5, 5.41) is 9.15. The molecule has 166 valence electrons. The Kier molecular flexibility index (Phi) is 6.08. The topological polar surface area (TPSA) is 55.8 Å². The molecule has 3 aromatic carbocycles. The Balaban J connectivity index is 1.58. The van der Waals surface area contributed by atoms with E-state index in [4.69, 9.17) is 14.6 Å². The minimum absolute atomic E-state index is 0.179. The van der Waals surface area contributed by atoms with Crippen molar-refractivity contribution in [3.05, 3.63) is 77.9 Å². The molecule has 0 atom stereocenters. The molecule has 0 aliphatic heterocycles. The molecule has 0 spiro atoms. The molecular weight excluding hydrogens is 421 g/mol. The maximum Gasteiger partial charge on any atom is 0.416 e. The lowest BCUT2D eigenvalue weighted by Crippen LogP contribution is -2.04. The Hall–Kier alpha value is -3.48. The fourth-order valence-electron chi connectivity index (χ4n) is 3.30. The Morgan fingerprint density at radius 1 is 0.906 bits per heavy atom. The number of hydrogen-bond acceptors (Lipinski definition) is 3. The summed E-state index contributed by atoms with van der Waals surface area (Å²) in [6, 6.07) is 16.8. The molecule has 0 unspecified atom stereocenters. The zero-order chi connectivity index (χ0) is 22.7. The van der Waals surface area contributed by atoms with Gasteiger partial charge in [-0.05, 0) is 71.8 Å². The molecule has 0 heterocycles. The SMILES string of the molecule is O=C(O)Cc1cc(OCC2CC2)cc(Oc2cccc(-c3cccc(C(F)(F)F)c3)c2)c1. The van der Waals surface area contributed by atoms with E-state index in [9.17, 15) is 18.0 Å². The van der Waals surface area contributed by atoms with E-state index in [1.54, 1.807) is 48.5 Å². The van der Waals surface area contributed by atoms with E-state index in [0.717, 1.165) is 25.0 Å². The molecule has 32 heavy (non-hydrogen) atoms. The summed E-state index contributed by atoms with van der Waals surface area (Å²) in [6.07, 6.45) is -2.35. The van der Waals surface area contributed by atoms with Gasteiger partial charge >= 0.3 is 12.1 Å². The van der Waals surface area contributed by atoms with Crippen molar-refractivity contribution in [1.29, 1.82) is 0 Å². The van der Waals surface area contributed by atoms with Crippen LogP contribution >= 0.6 is 0 Å². The molecular formula is C25H21F3O4. The van der Waals surface area contributed by atoms with Crippen molar-refractivity contribution < 1.29 is 32.5 Å². The first kappa shape index (κ1) is 21.7. The molecule has 0 bridgehead atoms. The van der Waals surface area contributed by atoms with Gasteiger partial charge in [-0.3, -0.25) is 4.79 Å². The largest absolute Gasteiger partial charge is 0.493 e. The Bertz CT molecular complexity index is 1120. The maximum atomic E-state index is 13.1. The molecule has 1 saturated carbocycles. The Morgan fingerprint density at radius 3 is 2.28 bits per heavy atom. The van der Waals surface area contributed by atoms with Crippen molar-refractivity contribution >= 4 is 5.97 Å². The van der Waals surface area contributed by atoms with E-state index in [1.165, 1.54) is 6.07 Å². The molecule has 1 aliphatic rings. The summed E-state index contributed by atoms with van der Waals surface area (Å²) in [4.78, 5) is 11.2. The van der Waals surface area contributed by atoms with Crippen LogP contribution < -0.4 is 9.47 Å². The minimum atomic E-state index is -4.43. The first-order chi connectivity index (χ1) is 15.3. The normalized spacial score (nSPS) is 13.6. The lowest BCUT2D eigenvalue weighted by Gasteiger charge is -2.13. The van der Waals surface area contributed by atoms with E-state index in [2.05, 4.69) is 0 Å². The number of carboxylic acids is 1. The fraction of sp³-hybridized carbons (Fsp3) is 0.240. The van der Waals surface area contributed by atoms with Gasteiger partial charge in [-0.2, -0.15) is 13.2 Å². The van der Waals surface area contributed by atoms with Crippen LogP contribution in [0.1, 0.15) is 24.0 Å². The van der Waals surface area contributed by atoms with Gasteiger partial charge < -0.3 is 14.6 Å². The van der Waals surface area contributed by atoms with Gasteiger partial charge in [0, 0.05) is 6.07 Å². The van der Waals surface area contributed by atoms with Gasteiger partial charge in [0.25, 0.3) is 0 Å². The molecule has 1 fully saturated rings. The molecule has 1 aliphatic carbocycles. The van der Waals surface area contributed by atoms with Crippen molar-refractivity contribution in [3.8, 4) is 28.4 Å².